The minimum atomic E-state index is -4.17. The molecule has 0 saturated heterocycles. The molecule has 2 aromatic carbocycles. The molecule has 2 unspecified atom stereocenters. The number of nitrogens with one attached hydrogen (secondary N) is 1. The maximum absolute atomic E-state index is 13.0. The summed E-state index contributed by atoms with van der Waals surface area (Å²) >= 11 is 0. The van der Waals surface area contributed by atoms with E-state index >= 15 is 0 Å². The van der Waals surface area contributed by atoms with Gasteiger partial charge in [-0.15, -0.1) is 0 Å². The van der Waals surface area contributed by atoms with Crippen LogP contribution in [-0.2, 0) is 40.9 Å². The van der Waals surface area contributed by atoms with Gasteiger partial charge in [-0.2, -0.15) is 0 Å². The van der Waals surface area contributed by atoms with Crippen LogP contribution in [0.5, 0.6) is 0 Å². The van der Waals surface area contributed by atoms with Crippen LogP contribution in [0.15, 0.2) is 60.7 Å². The Bertz CT molecular complexity index is 845. The van der Waals surface area contributed by atoms with E-state index in [1.54, 1.807) is 24.3 Å². The zero-order valence-corrected chi connectivity index (χ0v) is 17.9. The smallest absolute Gasteiger partial charge is 0.438 e. The maximum Gasteiger partial charge on any atom is 0.438 e. The van der Waals surface area contributed by atoms with Gasteiger partial charge in [-0.1, -0.05) is 60.7 Å². The Morgan fingerprint density at radius 2 is 1.60 bits per heavy atom. The molecule has 2 aromatic rings. The van der Waals surface area contributed by atoms with Crippen molar-refractivity contribution in [3.63, 3.8) is 0 Å². The molecule has 2 rings (SSSR count). The number of ether oxygens (including phenoxy) is 2. The van der Waals surface area contributed by atoms with Crippen LogP contribution in [0.2, 0.25) is 0 Å². The van der Waals surface area contributed by atoms with Gasteiger partial charge in [0.1, 0.15) is 6.61 Å². The van der Waals surface area contributed by atoms with Crippen LogP contribution in [0.25, 0.3) is 0 Å². The van der Waals surface area contributed by atoms with Gasteiger partial charge in [0.05, 0.1) is 13.7 Å². The first-order valence-corrected chi connectivity index (χ1v) is 11.0. The average molecular weight is 435 g/mol. The molecular formula is C21H26NO7P. The fourth-order valence-corrected chi connectivity index (χ4v) is 3.82. The van der Waals surface area contributed by atoms with Crippen molar-refractivity contribution in [3.8, 4) is 0 Å². The van der Waals surface area contributed by atoms with Crippen molar-refractivity contribution in [3.05, 3.63) is 71.8 Å². The lowest BCUT2D eigenvalue weighted by atomic mass is 10.1. The van der Waals surface area contributed by atoms with Gasteiger partial charge >= 0.3 is 19.8 Å². The van der Waals surface area contributed by atoms with Gasteiger partial charge < -0.3 is 9.47 Å². The van der Waals surface area contributed by atoms with Crippen molar-refractivity contribution in [2.24, 2.45) is 0 Å². The maximum atomic E-state index is 13.0. The summed E-state index contributed by atoms with van der Waals surface area (Å²) in [6.07, 6.45) is -0.969. The molecule has 0 bridgehead atoms. The topological polar surface area (TPSA) is 100 Å². The molecule has 30 heavy (non-hydrogen) atoms. The summed E-state index contributed by atoms with van der Waals surface area (Å²) < 4.78 is 33.2. The number of esters is 1. The van der Waals surface area contributed by atoms with Crippen LogP contribution in [0, 0.1) is 0 Å². The Hall–Kier alpha value is -2.67. The number of aryl methyl sites for hydroxylation is 1. The second-order valence-corrected chi connectivity index (χ2v) is 8.05. The molecule has 0 aliphatic rings. The Kier molecular flexibility index (Phi) is 9.54. The van der Waals surface area contributed by atoms with Crippen LogP contribution in [0.1, 0.15) is 24.5 Å². The second kappa shape index (κ2) is 12.1. The predicted molar refractivity (Wildman–Crippen MR) is 111 cm³/mol. The summed E-state index contributed by atoms with van der Waals surface area (Å²) in [6.45, 7) is 1.37. The predicted octanol–water partition coefficient (Wildman–Crippen LogP) is 4.25. The highest BCUT2D eigenvalue weighted by Gasteiger charge is 2.33. The van der Waals surface area contributed by atoms with Crippen LogP contribution in [0.4, 0.5) is 4.79 Å². The number of rotatable bonds is 11. The van der Waals surface area contributed by atoms with Crippen molar-refractivity contribution in [1.82, 2.24) is 5.09 Å². The highest BCUT2D eigenvalue weighted by molar-refractivity contribution is 7.52. The summed E-state index contributed by atoms with van der Waals surface area (Å²) in [5.74, 6) is -0.748. The lowest BCUT2D eigenvalue weighted by Crippen LogP contribution is -2.29. The highest BCUT2D eigenvalue weighted by Crippen LogP contribution is 2.45. The zero-order valence-electron chi connectivity index (χ0n) is 17.0. The van der Waals surface area contributed by atoms with E-state index in [9.17, 15) is 14.2 Å². The van der Waals surface area contributed by atoms with E-state index in [0.29, 0.717) is 12.8 Å². The van der Waals surface area contributed by atoms with Crippen LogP contribution in [0.3, 0.4) is 0 Å². The molecule has 0 aromatic heterocycles. The summed E-state index contributed by atoms with van der Waals surface area (Å²) in [5.41, 5.74) is 1.85. The fraction of sp³-hybridized carbons (Fsp3) is 0.333. The second-order valence-electron chi connectivity index (χ2n) is 6.36. The van der Waals surface area contributed by atoms with E-state index in [2.05, 4.69) is 9.82 Å². The first kappa shape index (κ1) is 23.6. The van der Waals surface area contributed by atoms with Gasteiger partial charge in [-0.3, -0.25) is 9.05 Å². The molecule has 0 aliphatic carbocycles. The third-order valence-electron chi connectivity index (χ3n) is 3.98. The van der Waals surface area contributed by atoms with Crippen LogP contribution < -0.4 is 5.09 Å². The molecule has 0 spiro atoms. The number of hydrogen-bond donors (Lipinski definition) is 1. The minimum Gasteiger partial charge on any atom is -0.467 e. The molecule has 2 atom stereocenters. The molecule has 9 heteroatoms. The number of amides is 1. The fourth-order valence-electron chi connectivity index (χ4n) is 2.48. The standard InChI is InChI=1S/C21H26NO7P/c1-17(20(23)26-2)29-30(25,28-15-9-14-18-10-5-3-6-11-18)22-21(24)27-16-19-12-7-4-8-13-19/h3-8,10-13,17H,9,14-16H2,1-2H3,(H,22,24,25). The molecule has 0 radical (unpaired) electrons. The zero-order chi connectivity index (χ0) is 21.8. The summed E-state index contributed by atoms with van der Waals surface area (Å²) in [7, 11) is -2.99. The van der Waals surface area contributed by atoms with Crippen molar-refractivity contribution >= 4 is 19.8 Å². The molecule has 8 nitrogen and oxygen atoms in total. The molecule has 162 valence electrons. The number of carbonyl (C=O) groups is 2. The van der Waals surface area contributed by atoms with Crippen molar-refractivity contribution in [2.75, 3.05) is 13.7 Å². The van der Waals surface area contributed by atoms with E-state index in [0.717, 1.165) is 11.1 Å². The average Bonchev–Trinajstić information content (AvgIpc) is 2.76. The Morgan fingerprint density at radius 3 is 2.20 bits per heavy atom. The monoisotopic (exact) mass is 435 g/mol. The number of methoxy groups -OCH3 is 1. The molecule has 0 aliphatic heterocycles. The number of carbonyl (C=O) groups excluding carboxylic acids is 2. The third kappa shape index (κ3) is 8.37. The molecule has 1 amide bonds. The quantitative estimate of drug-likeness (QED) is 0.320. The van der Waals surface area contributed by atoms with Crippen LogP contribution in [-0.4, -0.2) is 31.9 Å². The SMILES string of the molecule is COC(=O)C(C)OP(=O)(NC(=O)OCc1ccccc1)OCCCc1ccccc1. The first-order chi connectivity index (χ1) is 14.4. The lowest BCUT2D eigenvalue weighted by molar-refractivity contribution is -0.148. The highest BCUT2D eigenvalue weighted by atomic mass is 31.2. The van der Waals surface area contributed by atoms with Gasteiger partial charge in [0.25, 0.3) is 0 Å². The molecule has 0 fully saturated rings. The summed E-state index contributed by atoms with van der Waals surface area (Å²) in [5, 5.41) is 2.11. The Morgan fingerprint density at radius 1 is 1.00 bits per heavy atom. The van der Waals surface area contributed by atoms with Gasteiger partial charge in [-0.05, 0) is 30.9 Å². The largest absolute Gasteiger partial charge is 0.467 e. The molecule has 0 saturated carbocycles. The Balaban J connectivity index is 1.92. The van der Waals surface area contributed by atoms with Gasteiger partial charge in [0.15, 0.2) is 6.10 Å². The van der Waals surface area contributed by atoms with Crippen LogP contribution >= 0.6 is 7.75 Å². The van der Waals surface area contributed by atoms with Gasteiger partial charge in [0.2, 0.25) is 0 Å². The number of hydrogen-bond acceptors (Lipinski definition) is 7. The summed E-state index contributed by atoms with van der Waals surface area (Å²) in [4.78, 5) is 23.8. The van der Waals surface area contributed by atoms with Crippen molar-refractivity contribution in [1.29, 1.82) is 0 Å². The first-order valence-electron chi connectivity index (χ1n) is 9.45. The van der Waals surface area contributed by atoms with E-state index in [4.69, 9.17) is 13.8 Å². The van der Waals surface area contributed by atoms with E-state index in [1.807, 2.05) is 36.4 Å². The third-order valence-corrected chi connectivity index (χ3v) is 5.56. The van der Waals surface area contributed by atoms with Gasteiger partial charge in [-0.25, -0.2) is 19.2 Å². The van der Waals surface area contributed by atoms with E-state index in [1.165, 1.54) is 14.0 Å². The normalized spacial score (nSPS) is 13.7. The Labute approximate surface area is 176 Å². The van der Waals surface area contributed by atoms with Gasteiger partial charge in [0, 0.05) is 0 Å². The number of benzene rings is 2. The van der Waals surface area contributed by atoms with E-state index in [-0.39, 0.29) is 13.2 Å². The molecule has 1 N–H and O–H groups in total. The van der Waals surface area contributed by atoms with Crippen molar-refractivity contribution < 1.29 is 32.7 Å². The lowest BCUT2D eigenvalue weighted by Gasteiger charge is -2.21. The molecular weight excluding hydrogens is 409 g/mol. The molecule has 0 heterocycles. The summed E-state index contributed by atoms with van der Waals surface area (Å²) in [6, 6.07) is 18.7. The van der Waals surface area contributed by atoms with Crippen molar-refractivity contribution in [2.45, 2.75) is 32.5 Å². The minimum absolute atomic E-state index is 0.0206. The van der Waals surface area contributed by atoms with E-state index < -0.39 is 25.9 Å².